The lowest BCUT2D eigenvalue weighted by Gasteiger charge is -2.39. The van der Waals surface area contributed by atoms with E-state index in [2.05, 4.69) is 6.07 Å². The molecule has 0 aliphatic carbocycles. The Kier molecular flexibility index (Phi) is 3.60. The zero-order valence-electron chi connectivity index (χ0n) is 9.33. The van der Waals surface area contributed by atoms with E-state index >= 15 is 0 Å². The summed E-state index contributed by atoms with van der Waals surface area (Å²) in [5.41, 5.74) is -5.58. The third-order valence-electron chi connectivity index (χ3n) is 2.84. The van der Waals surface area contributed by atoms with Gasteiger partial charge in [0.1, 0.15) is 0 Å². The summed E-state index contributed by atoms with van der Waals surface area (Å²) in [6, 6.07) is 5.08. The molecule has 0 aliphatic heterocycles. The number of hydrogen-bond acceptors (Lipinski definition) is 0. The second kappa shape index (κ2) is 4.35. The van der Waals surface area contributed by atoms with Crippen LogP contribution in [0, 0.1) is 6.07 Å². The van der Waals surface area contributed by atoms with Crippen molar-refractivity contribution in [1.29, 1.82) is 0 Å². The summed E-state index contributed by atoms with van der Waals surface area (Å²) in [7, 11) is 0. The molecule has 0 nitrogen and oxygen atoms in total. The van der Waals surface area contributed by atoms with Crippen LogP contribution in [-0.4, -0.2) is 18.3 Å². The predicted octanol–water partition coefficient (Wildman–Crippen LogP) is 4.50. The van der Waals surface area contributed by atoms with Gasteiger partial charge >= 0.3 is 18.3 Å². The summed E-state index contributed by atoms with van der Waals surface area (Å²) in [5.74, 6) is -5.96. The first-order valence-corrected chi connectivity index (χ1v) is 4.83. The van der Waals surface area contributed by atoms with Gasteiger partial charge in [-0.15, -0.1) is 0 Å². The molecule has 1 radical (unpaired) electrons. The number of rotatable bonds is 2. The summed E-state index contributed by atoms with van der Waals surface area (Å²) in [6.45, 7) is -0.177. The van der Waals surface area contributed by atoms with Crippen molar-refractivity contribution in [3.8, 4) is 0 Å². The van der Waals surface area contributed by atoms with E-state index in [-0.39, 0.29) is 6.92 Å². The van der Waals surface area contributed by atoms with Gasteiger partial charge in [0.15, 0.2) is 5.41 Å². The van der Waals surface area contributed by atoms with Crippen molar-refractivity contribution in [1.82, 2.24) is 0 Å². The summed E-state index contributed by atoms with van der Waals surface area (Å²) in [6.07, 6.45) is -12.1. The number of alkyl halides is 8. The average molecular weight is 291 g/mol. The summed E-state index contributed by atoms with van der Waals surface area (Å²) in [4.78, 5) is 0. The highest BCUT2D eigenvalue weighted by Crippen LogP contribution is 2.56. The Balaban J connectivity index is 3.57. The minimum Gasteiger partial charge on any atom is -0.195 e. The van der Waals surface area contributed by atoms with Crippen LogP contribution < -0.4 is 0 Å². The van der Waals surface area contributed by atoms with Gasteiger partial charge in [0, 0.05) is 0 Å². The van der Waals surface area contributed by atoms with Gasteiger partial charge in [0.25, 0.3) is 0 Å². The van der Waals surface area contributed by atoms with Gasteiger partial charge in [-0.2, -0.15) is 35.1 Å². The second-order valence-electron chi connectivity index (χ2n) is 3.99. The monoisotopic (exact) mass is 291 g/mol. The molecule has 1 rings (SSSR count). The molecular formula is C11H7F8. The average Bonchev–Trinajstić information content (AvgIpc) is 2.25. The molecular weight excluding hydrogens is 284 g/mol. The van der Waals surface area contributed by atoms with Crippen LogP contribution >= 0.6 is 0 Å². The molecule has 0 saturated heterocycles. The number of hydrogen-bond donors (Lipinski definition) is 0. The third kappa shape index (κ3) is 2.28. The van der Waals surface area contributed by atoms with Gasteiger partial charge < -0.3 is 0 Å². The Morgan fingerprint density at radius 1 is 0.895 bits per heavy atom. The molecule has 1 atom stereocenters. The molecule has 0 saturated carbocycles. The lowest BCUT2D eigenvalue weighted by Crippen LogP contribution is -2.60. The van der Waals surface area contributed by atoms with Crippen LogP contribution in [0.1, 0.15) is 12.5 Å². The SMILES string of the molecule is CC(c1c[c]ccc1)(C(F)(F)F)C(F)(F)C(F)(F)F. The van der Waals surface area contributed by atoms with E-state index in [1.165, 1.54) is 0 Å². The van der Waals surface area contributed by atoms with Crippen LogP contribution in [-0.2, 0) is 5.41 Å². The van der Waals surface area contributed by atoms with Gasteiger partial charge in [-0.1, -0.05) is 24.3 Å². The zero-order chi connectivity index (χ0) is 15.1. The smallest absolute Gasteiger partial charge is 0.195 e. The lowest BCUT2D eigenvalue weighted by atomic mass is 9.75. The Bertz CT molecular complexity index is 430. The normalized spacial score (nSPS) is 17.1. The summed E-state index contributed by atoms with van der Waals surface area (Å²) in [5, 5.41) is 0. The van der Waals surface area contributed by atoms with E-state index in [1.807, 2.05) is 0 Å². The first kappa shape index (κ1) is 15.7. The van der Waals surface area contributed by atoms with Crippen LogP contribution in [0.25, 0.3) is 0 Å². The standard InChI is InChI=1S/C11H7F8/c1-8(10(14,15)16,7-5-3-2-4-6-7)9(12,13)11(17,18)19/h2-3,5-6H,1H3. The number of benzene rings is 1. The summed E-state index contributed by atoms with van der Waals surface area (Å²) >= 11 is 0. The van der Waals surface area contributed by atoms with Crippen molar-refractivity contribution in [3.05, 3.63) is 35.9 Å². The highest BCUT2D eigenvalue weighted by molar-refractivity contribution is 5.30. The van der Waals surface area contributed by atoms with E-state index in [9.17, 15) is 35.1 Å². The van der Waals surface area contributed by atoms with E-state index in [0.717, 1.165) is 12.1 Å². The Morgan fingerprint density at radius 2 is 1.42 bits per heavy atom. The molecule has 0 bridgehead atoms. The zero-order valence-corrected chi connectivity index (χ0v) is 9.33. The first-order chi connectivity index (χ1) is 8.36. The van der Waals surface area contributed by atoms with Crippen LogP contribution in [0.2, 0.25) is 0 Å². The molecule has 0 amide bonds. The van der Waals surface area contributed by atoms with E-state index in [1.54, 1.807) is 0 Å². The molecule has 0 N–H and O–H groups in total. The van der Waals surface area contributed by atoms with Crippen LogP contribution in [0.15, 0.2) is 24.3 Å². The number of halogens is 8. The van der Waals surface area contributed by atoms with E-state index < -0.39 is 29.3 Å². The largest absolute Gasteiger partial charge is 0.454 e. The molecule has 1 unspecified atom stereocenters. The fourth-order valence-corrected chi connectivity index (χ4v) is 1.51. The highest BCUT2D eigenvalue weighted by atomic mass is 19.4. The molecule has 0 aliphatic rings. The quantitative estimate of drug-likeness (QED) is 0.704. The second-order valence-corrected chi connectivity index (χ2v) is 3.99. The Morgan fingerprint density at radius 3 is 1.74 bits per heavy atom. The Labute approximate surface area is 103 Å². The van der Waals surface area contributed by atoms with Crippen LogP contribution in [0.5, 0.6) is 0 Å². The van der Waals surface area contributed by atoms with Crippen LogP contribution in [0.4, 0.5) is 35.1 Å². The van der Waals surface area contributed by atoms with Crippen molar-refractivity contribution >= 4 is 0 Å². The molecule has 0 aromatic heterocycles. The third-order valence-corrected chi connectivity index (χ3v) is 2.84. The van der Waals surface area contributed by atoms with Gasteiger partial charge in [0.2, 0.25) is 0 Å². The van der Waals surface area contributed by atoms with Gasteiger partial charge in [0.05, 0.1) is 0 Å². The van der Waals surface area contributed by atoms with Gasteiger partial charge in [-0.25, -0.2) is 0 Å². The minimum atomic E-state index is -6.33. The van der Waals surface area contributed by atoms with Crippen molar-refractivity contribution in [3.63, 3.8) is 0 Å². The van der Waals surface area contributed by atoms with Gasteiger partial charge in [-0.05, 0) is 18.6 Å². The predicted molar refractivity (Wildman–Crippen MR) is 49.7 cm³/mol. The van der Waals surface area contributed by atoms with Crippen molar-refractivity contribution in [2.45, 2.75) is 30.6 Å². The highest BCUT2D eigenvalue weighted by Gasteiger charge is 2.77. The molecule has 1 aromatic carbocycles. The molecule has 0 spiro atoms. The first-order valence-electron chi connectivity index (χ1n) is 4.83. The molecule has 8 heteroatoms. The van der Waals surface area contributed by atoms with E-state index in [4.69, 9.17) is 0 Å². The van der Waals surface area contributed by atoms with Crippen molar-refractivity contribution < 1.29 is 35.1 Å². The van der Waals surface area contributed by atoms with Gasteiger partial charge in [-0.3, -0.25) is 0 Å². The maximum atomic E-state index is 13.3. The minimum absolute atomic E-state index is 0.177. The van der Waals surface area contributed by atoms with Crippen molar-refractivity contribution in [2.24, 2.45) is 0 Å². The summed E-state index contributed by atoms with van der Waals surface area (Å²) < 4.78 is 102. The molecule has 19 heavy (non-hydrogen) atoms. The van der Waals surface area contributed by atoms with E-state index in [0.29, 0.717) is 12.1 Å². The fourth-order valence-electron chi connectivity index (χ4n) is 1.51. The topological polar surface area (TPSA) is 0 Å². The molecule has 0 heterocycles. The molecule has 107 valence electrons. The van der Waals surface area contributed by atoms with Crippen molar-refractivity contribution in [2.75, 3.05) is 0 Å². The Hall–Kier alpha value is -1.34. The lowest BCUT2D eigenvalue weighted by molar-refractivity contribution is -0.354. The maximum absolute atomic E-state index is 13.3. The molecule has 0 fully saturated rings. The maximum Gasteiger partial charge on any atom is 0.454 e. The molecule has 1 aromatic rings. The van der Waals surface area contributed by atoms with Crippen LogP contribution in [0.3, 0.4) is 0 Å². The fraction of sp³-hybridized carbons (Fsp3) is 0.455.